The molecule has 1 saturated heterocycles. The van der Waals surface area contributed by atoms with Crippen molar-refractivity contribution in [3.05, 3.63) is 36.7 Å². The van der Waals surface area contributed by atoms with Gasteiger partial charge in [0.05, 0.1) is 12.7 Å². The van der Waals surface area contributed by atoms with Gasteiger partial charge in [-0.2, -0.15) is 0 Å². The molecule has 0 saturated carbocycles. The first kappa shape index (κ1) is 16.6. The molecule has 0 radical (unpaired) electrons. The molecule has 1 aliphatic heterocycles. The number of anilines is 1. The number of nitrogens with zero attached hydrogens (tertiary/aromatic N) is 5. The van der Waals surface area contributed by atoms with Crippen LogP contribution in [0.15, 0.2) is 36.7 Å². The number of fused-ring (bicyclic) bond motifs is 1. The number of amides is 1. The first-order chi connectivity index (χ1) is 12.6. The predicted molar refractivity (Wildman–Crippen MR) is 96.3 cm³/mol. The van der Waals surface area contributed by atoms with E-state index >= 15 is 0 Å². The summed E-state index contributed by atoms with van der Waals surface area (Å²) < 4.78 is 14.9. The van der Waals surface area contributed by atoms with E-state index in [1.54, 1.807) is 10.9 Å². The monoisotopic (exact) mass is 354 g/mol. The average molecular weight is 354 g/mol. The Morgan fingerprint density at radius 2 is 2.23 bits per heavy atom. The third-order valence-electron chi connectivity index (χ3n) is 4.47. The summed E-state index contributed by atoms with van der Waals surface area (Å²) in [5.41, 5.74) is 1.73. The Hall–Kier alpha value is -2.87. The zero-order valence-electron chi connectivity index (χ0n) is 14.4. The third kappa shape index (κ3) is 3.55. The zero-order chi connectivity index (χ0) is 18.1. The van der Waals surface area contributed by atoms with E-state index in [9.17, 15) is 9.18 Å². The number of rotatable bonds is 4. The average Bonchev–Trinajstić information content (AvgIpc) is 3.22. The van der Waals surface area contributed by atoms with Crippen molar-refractivity contribution in [3.8, 4) is 11.3 Å². The van der Waals surface area contributed by atoms with Crippen molar-refractivity contribution in [2.45, 2.75) is 12.6 Å². The molecule has 134 valence electrons. The molecule has 0 aliphatic carbocycles. The maximum absolute atomic E-state index is 13.2. The van der Waals surface area contributed by atoms with Crippen LogP contribution in [0.3, 0.4) is 0 Å². The number of carbonyl (C=O) groups is 1. The van der Waals surface area contributed by atoms with Gasteiger partial charge in [-0.3, -0.25) is 14.4 Å². The lowest BCUT2D eigenvalue weighted by Gasteiger charge is -2.14. The van der Waals surface area contributed by atoms with Gasteiger partial charge in [-0.05, 0) is 23.9 Å². The number of likely N-dealkylation sites (tertiary alicyclic amines) is 1. The van der Waals surface area contributed by atoms with Crippen LogP contribution < -0.4 is 5.32 Å². The van der Waals surface area contributed by atoms with E-state index in [-0.39, 0.29) is 12.5 Å². The van der Waals surface area contributed by atoms with Crippen LogP contribution >= 0.6 is 0 Å². The Bertz CT molecular complexity index is 956. The maximum Gasteiger partial charge on any atom is 0.239 e. The lowest BCUT2D eigenvalue weighted by Crippen LogP contribution is -2.32. The van der Waals surface area contributed by atoms with Crippen LogP contribution in [0.2, 0.25) is 0 Å². The number of aromatic nitrogens is 4. The van der Waals surface area contributed by atoms with Crippen molar-refractivity contribution >= 4 is 22.5 Å². The summed E-state index contributed by atoms with van der Waals surface area (Å²) in [6.07, 6.45) is 3.23. The highest BCUT2D eigenvalue weighted by atomic mass is 19.1. The molecule has 7 nitrogen and oxygen atoms in total. The lowest BCUT2D eigenvalue weighted by molar-refractivity contribution is -0.117. The standard InChI is InChI=1S/C18H19FN6O/c1-24-10-16(22-23-24)12-2-3-13-8-20-17(7-14(13)6-12)21-18(26)11-25-5-4-15(19)9-25/h2-3,6-8,10,15H,4-5,9,11H2,1H3,(H,20,21,26). The zero-order valence-corrected chi connectivity index (χ0v) is 14.4. The largest absolute Gasteiger partial charge is 0.310 e. The third-order valence-corrected chi connectivity index (χ3v) is 4.47. The minimum atomic E-state index is -0.832. The molecule has 8 heteroatoms. The Morgan fingerprint density at radius 1 is 1.35 bits per heavy atom. The van der Waals surface area contributed by atoms with Crippen LogP contribution in [0.1, 0.15) is 6.42 Å². The quantitative estimate of drug-likeness (QED) is 0.776. The fourth-order valence-electron chi connectivity index (χ4n) is 3.16. The predicted octanol–water partition coefficient (Wildman–Crippen LogP) is 2.01. The van der Waals surface area contributed by atoms with Gasteiger partial charge < -0.3 is 5.32 Å². The minimum absolute atomic E-state index is 0.180. The SMILES string of the molecule is Cn1cc(-c2ccc3cnc(NC(=O)CN4CCC(F)C4)cc3c2)nn1. The number of aryl methyl sites for hydroxylation is 1. The summed E-state index contributed by atoms with van der Waals surface area (Å²) in [5.74, 6) is 0.297. The summed E-state index contributed by atoms with van der Waals surface area (Å²) >= 11 is 0. The van der Waals surface area contributed by atoms with Crippen LogP contribution in [0.5, 0.6) is 0 Å². The fraction of sp³-hybridized carbons (Fsp3) is 0.333. The number of benzene rings is 1. The number of nitrogens with one attached hydrogen (secondary N) is 1. The molecule has 26 heavy (non-hydrogen) atoms. The van der Waals surface area contributed by atoms with Gasteiger partial charge >= 0.3 is 0 Å². The Kier molecular flexibility index (Phi) is 4.34. The topological polar surface area (TPSA) is 75.9 Å². The van der Waals surface area contributed by atoms with Crippen molar-refractivity contribution in [3.63, 3.8) is 0 Å². The lowest BCUT2D eigenvalue weighted by atomic mass is 10.1. The molecule has 1 aliphatic rings. The highest BCUT2D eigenvalue weighted by Crippen LogP contribution is 2.24. The van der Waals surface area contributed by atoms with Crippen LogP contribution in [-0.2, 0) is 11.8 Å². The molecule has 2 aromatic heterocycles. The van der Waals surface area contributed by atoms with E-state index in [0.717, 1.165) is 22.0 Å². The molecule has 1 fully saturated rings. The normalized spacial score (nSPS) is 17.7. The van der Waals surface area contributed by atoms with E-state index in [2.05, 4.69) is 20.6 Å². The van der Waals surface area contributed by atoms with Crippen molar-refractivity contribution in [1.29, 1.82) is 0 Å². The molecule has 1 aromatic carbocycles. The molecule has 4 rings (SSSR count). The number of carbonyl (C=O) groups excluding carboxylic acids is 1. The second-order valence-corrected chi connectivity index (χ2v) is 6.58. The molecular formula is C18H19FN6O. The summed E-state index contributed by atoms with van der Waals surface area (Å²) in [6, 6.07) is 7.75. The minimum Gasteiger partial charge on any atom is -0.310 e. The van der Waals surface area contributed by atoms with Gasteiger partial charge in [-0.25, -0.2) is 9.37 Å². The Balaban J connectivity index is 1.51. The van der Waals surface area contributed by atoms with E-state index in [4.69, 9.17) is 0 Å². The number of hydrogen-bond acceptors (Lipinski definition) is 5. The van der Waals surface area contributed by atoms with Gasteiger partial charge in [0.1, 0.15) is 17.7 Å². The summed E-state index contributed by atoms with van der Waals surface area (Å²) in [4.78, 5) is 18.3. The first-order valence-electron chi connectivity index (χ1n) is 8.49. The second-order valence-electron chi connectivity index (χ2n) is 6.58. The Morgan fingerprint density at radius 3 is 2.96 bits per heavy atom. The van der Waals surface area contributed by atoms with Gasteiger partial charge in [-0.15, -0.1) is 5.10 Å². The van der Waals surface area contributed by atoms with Crippen LogP contribution in [-0.4, -0.2) is 56.6 Å². The molecule has 3 aromatic rings. The number of halogens is 1. The molecule has 0 spiro atoms. The van der Waals surface area contributed by atoms with Crippen molar-refractivity contribution < 1.29 is 9.18 Å². The number of hydrogen-bond donors (Lipinski definition) is 1. The summed E-state index contributed by atoms with van der Waals surface area (Å²) in [5, 5.41) is 12.8. The van der Waals surface area contributed by atoms with Gasteiger partial charge in [0.25, 0.3) is 0 Å². The highest BCUT2D eigenvalue weighted by molar-refractivity contribution is 5.94. The van der Waals surface area contributed by atoms with Crippen LogP contribution in [0.4, 0.5) is 10.2 Å². The summed E-state index contributed by atoms with van der Waals surface area (Å²) in [6.45, 7) is 1.11. The number of pyridine rings is 1. The van der Waals surface area contributed by atoms with E-state index < -0.39 is 6.17 Å². The number of alkyl halides is 1. The van der Waals surface area contributed by atoms with Gasteiger partial charge in [0, 0.05) is 37.3 Å². The van der Waals surface area contributed by atoms with Crippen LogP contribution in [0, 0.1) is 0 Å². The van der Waals surface area contributed by atoms with Gasteiger partial charge in [0.2, 0.25) is 5.91 Å². The first-order valence-corrected chi connectivity index (χ1v) is 8.49. The van der Waals surface area contributed by atoms with Gasteiger partial charge in [0.15, 0.2) is 0 Å². The van der Waals surface area contributed by atoms with Crippen molar-refractivity contribution in [2.24, 2.45) is 7.05 Å². The molecule has 1 atom stereocenters. The molecule has 0 bridgehead atoms. The molecule has 1 unspecified atom stereocenters. The maximum atomic E-state index is 13.2. The van der Waals surface area contributed by atoms with Crippen molar-refractivity contribution in [1.82, 2.24) is 24.9 Å². The Labute approximate surface area is 149 Å². The van der Waals surface area contributed by atoms with E-state index in [1.807, 2.05) is 42.4 Å². The smallest absolute Gasteiger partial charge is 0.239 e. The fourth-order valence-corrected chi connectivity index (χ4v) is 3.16. The van der Waals surface area contributed by atoms with Gasteiger partial charge in [-0.1, -0.05) is 17.3 Å². The van der Waals surface area contributed by atoms with E-state index in [0.29, 0.717) is 25.3 Å². The molecule has 1 N–H and O–H groups in total. The molecule has 3 heterocycles. The van der Waals surface area contributed by atoms with E-state index in [1.165, 1.54) is 0 Å². The second kappa shape index (κ2) is 6.80. The highest BCUT2D eigenvalue weighted by Gasteiger charge is 2.23. The van der Waals surface area contributed by atoms with Crippen molar-refractivity contribution in [2.75, 3.05) is 25.0 Å². The van der Waals surface area contributed by atoms with Crippen LogP contribution in [0.25, 0.3) is 22.0 Å². The summed E-state index contributed by atoms with van der Waals surface area (Å²) in [7, 11) is 1.82. The molecule has 1 amide bonds. The molecular weight excluding hydrogens is 335 g/mol.